The molecule has 0 aromatic heterocycles. The number of aliphatic hydroxyl groups is 2. The maximum absolute atomic E-state index is 14.3. The van der Waals surface area contributed by atoms with E-state index in [1.54, 1.807) is 30.3 Å². The van der Waals surface area contributed by atoms with Crippen LogP contribution in [0.25, 0.3) is 11.1 Å². The first-order valence-corrected chi connectivity index (χ1v) is 16.3. The maximum atomic E-state index is 14.3. The molecule has 5 nitrogen and oxygen atoms in total. The van der Waals surface area contributed by atoms with E-state index in [-0.39, 0.29) is 30.5 Å². The molecule has 6 heteroatoms. The van der Waals surface area contributed by atoms with Gasteiger partial charge in [-0.1, -0.05) is 109 Å². The van der Waals surface area contributed by atoms with Gasteiger partial charge < -0.3 is 19.8 Å². The molecule has 6 rings (SSSR count). The molecule has 5 aromatic carbocycles. The van der Waals surface area contributed by atoms with Crippen molar-refractivity contribution >= 4 is 5.91 Å². The second-order valence-corrected chi connectivity index (χ2v) is 12.2. The van der Waals surface area contributed by atoms with Gasteiger partial charge in [-0.15, -0.1) is 0 Å². The summed E-state index contributed by atoms with van der Waals surface area (Å²) < 4.78 is 20.1. The summed E-state index contributed by atoms with van der Waals surface area (Å²) in [5.41, 5.74) is 6.89. The van der Waals surface area contributed by atoms with Crippen molar-refractivity contribution in [3.63, 3.8) is 0 Å². The van der Waals surface area contributed by atoms with Gasteiger partial charge in [0.15, 0.2) is 0 Å². The minimum absolute atomic E-state index is 0.0218. The predicted molar refractivity (Wildman–Crippen MR) is 182 cm³/mol. The van der Waals surface area contributed by atoms with Crippen LogP contribution in [0.1, 0.15) is 63.5 Å². The van der Waals surface area contributed by atoms with Gasteiger partial charge in [-0.3, -0.25) is 4.79 Å². The number of hydrogen-bond donors (Lipinski definition) is 2. The standard InChI is InChI=1S/C41H40FNO4/c42-34-23-21-32(22-24-34)40(45)38-15-6-7-16-39(38)41(46)43-26-36(25-35(43)13-8-9-29-17-19-30(27-44)20-18-29)47-28-33-12-4-5-14-37(33)31-10-2-1-3-11-31/h1-7,10-12,14-24,35-36,40,44-45H,8-9,13,25-28H2/t35-,36-,40?/m1/s1. The van der Waals surface area contributed by atoms with Gasteiger partial charge in [0.1, 0.15) is 11.9 Å². The number of hydrogen-bond acceptors (Lipinski definition) is 4. The summed E-state index contributed by atoms with van der Waals surface area (Å²) in [4.78, 5) is 16.2. The van der Waals surface area contributed by atoms with Crippen LogP contribution in [0.5, 0.6) is 0 Å². The lowest BCUT2D eigenvalue weighted by Gasteiger charge is -2.26. The van der Waals surface area contributed by atoms with E-state index in [9.17, 15) is 19.4 Å². The van der Waals surface area contributed by atoms with E-state index < -0.39 is 6.10 Å². The fourth-order valence-corrected chi connectivity index (χ4v) is 6.53. The average molecular weight is 630 g/mol. The quantitative estimate of drug-likeness (QED) is 0.147. The Morgan fingerprint density at radius 3 is 2.28 bits per heavy atom. The molecule has 1 saturated heterocycles. The Kier molecular flexibility index (Phi) is 10.5. The van der Waals surface area contributed by atoms with Crippen LogP contribution in [-0.2, 0) is 24.4 Å². The maximum Gasteiger partial charge on any atom is 0.254 e. The number of benzene rings is 5. The van der Waals surface area contributed by atoms with E-state index in [1.165, 1.54) is 17.7 Å². The van der Waals surface area contributed by atoms with Gasteiger partial charge in [0.2, 0.25) is 0 Å². The van der Waals surface area contributed by atoms with Crippen LogP contribution in [0, 0.1) is 5.82 Å². The van der Waals surface area contributed by atoms with Gasteiger partial charge in [0.25, 0.3) is 5.91 Å². The number of aliphatic hydroxyl groups excluding tert-OH is 2. The van der Waals surface area contributed by atoms with E-state index in [2.05, 4.69) is 24.3 Å². The van der Waals surface area contributed by atoms with E-state index in [0.29, 0.717) is 36.3 Å². The van der Waals surface area contributed by atoms with Gasteiger partial charge in [0, 0.05) is 18.2 Å². The molecule has 5 aromatic rings. The number of halogens is 1. The van der Waals surface area contributed by atoms with Crippen molar-refractivity contribution < 1.29 is 24.1 Å². The van der Waals surface area contributed by atoms with E-state index in [4.69, 9.17) is 4.74 Å². The smallest absolute Gasteiger partial charge is 0.254 e. The lowest BCUT2D eigenvalue weighted by Crippen LogP contribution is -2.37. The third-order valence-electron chi connectivity index (χ3n) is 9.09. The largest absolute Gasteiger partial charge is 0.392 e. The van der Waals surface area contributed by atoms with Crippen LogP contribution in [0.15, 0.2) is 127 Å². The number of nitrogens with zero attached hydrogens (tertiary/aromatic N) is 1. The highest BCUT2D eigenvalue weighted by Crippen LogP contribution is 2.32. The molecular formula is C41H40FNO4. The van der Waals surface area contributed by atoms with Crippen LogP contribution in [-0.4, -0.2) is 39.7 Å². The molecule has 1 amide bonds. The van der Waals surface area contributed by atoms with Crippen LogP contribution < -0.4 is 0 Å². The Bertz CT molecular complexity index is 1760. The van der Waals surface area contributed by atoms with E-state index >= 15 is 0 Å². The van der Waals surface area contributed by atoms with E-state index in [1.807, 2.05) is 65.6 Å². The van der Waals surface area contributed by atoms with Gasteiger partial charge >= 0.3 is 0 Å². The summed E-state index contributed by atoms with van der Waals surface area (Å²) in [6.45, 7) is 0.901. The topological polar surface area (TPSA) is 70.0 Å². The Morgan fingerprint density at radius 1 is 0.830 bits per heavy atom. The molecule has 0 radical (unpaired) electrons. The number of carbonyl (C=O) groups excluding carboxylic acids is 1. The van der Waals surface area contributed by atoms with Crippen LogP contribution in [0.3, 0.4) is 0 Å². The predicted octanol–water partition coefficient (Wildman–Crippen LogP) is 7.89. The van der Waals surface area contributed by atoms with Gasteiger partial charge in [0.05, 0.1) is 19.3 Å². The first-order valence-electron chi connectivity index (χ1n) is 16.3. The lowest BCUT2D eigenvalue weighted by molar-refractivity contribution is 0.0438. The third kappa shape index (κ3) is 7.86. The van der Waals surface area contributed by atoms with Crippen molar-refractivity contribution in [1.29, 1.82) is 0 Å². The monoisotopic (exact) mass is 629 g/mol. The molecular weight excluding hydrogens is 589 g/mol. The summed E-state index contributed by atoms with van der Waals surface area (Å²) in [5, 5.41) is 20.7. The number of likely N-dealkylation sites (tertiary alicyclic amines) is 1. The summed E-state index contributed by atoms with van der Waals surface area (Å²) in [7, 11) is 0. The van der Waals surface area contributed by atoms with Gasteiger partial charge in [-0.05, 0) is 82.8 Å². The zero-order chi connectivity index (χ0) is 32.6. The average Bonchev–Trinajstić information content (AvgIpc) is 3.54. The first-order chi connectivity index (χ1) is 23.0. The third-order valence-corrected chi connectivity index (χ3v) is 9.09. The number of aryl methyl sites for hydroxylation is 1. The van der Waals surface area contributed by atoms with Crippen molar-refractivity contribution in [1.82, 2.24) is 4.90 Å². The highest BCUT2D eigenvalue weighted by Gasteiger charge is 2.37. The SMILES string of the molecule is O=C(c1ccccc1C(O)c1ccc(F)cc1)N1C[C@H](OCc2ccccc2-c2ccccc2)C[C@H]1CCCc1ccc(CO)cc1. The number of carbonyl (C=O) groups is 1. The van der Waals surface area contributed by atoms with Crippen LogP contribution >= 0.6 is 0 Å². The molecule has 1 heterocycles. The minimum Gasteiger partial charge on any atom is -0.392 e. The van der Waals surface area contributed by atoms with Crippen molar-refractivity contribution in [2.45, 2.75) is 57.1 Å². The number of rotatable bonds is 12. The summed E-state index contributed by atoms with van der Waals surface area (Å²) in [6, 6.07) is 39.3. The minimum atomic E-state index is -1.07. The van der Waals surface area contributed by atoms with Crippen molar-refractivity contribution in [2.24, 2.45) is 0 Å². The molecule has 1 aliphatic heterocycles. The zero-order valence-electron chi connectivity index (χ0n) is 26.3. The Hall–Kier alpha value is -4.62. The molecule has 1 aliphatic rings. The molecule has 3 atom stereocenters. The molecule has 240 valence electrons. The van der Waals surface area contributed by atoms with Crippen LogP contribution in [0.2, 0.25) is 0 Å². The Labute approximate surface area is 275 Å². The normalized spacial score (nSPS) is 16.7. The molecule has 0 aliphatic carbocycles. The number of amides is 1. The van der Waals surface area contributed by atoms with Crippen molar-refractivity contribution in [3.05, 3.63) is 167 Å². The molecule has 0 saturated carbocycles. The van der Waals surface area contributed by atoms with Crippen LogP contribution in [0.4, 0.5) is 4.39 Å². The molecule has 0 bridgehead atoms. The second kappa shape index (κ2) is 15.3. The molecule has 1 fully saturated rings. The highest BCUT2D eigenvalue weighted by molar-refractivity contribution is 5.96. The lowest BCUT2D eigenvalue weighted by atomic mass is 9.95. The Balaban J connectivity index is 1.21. The molecule has 1 unspecified atom stereocenters. The zero-order valence-corrected chi connectivity index (χ0v) is 26.3. The molecule has 2 N–H and O–H groups in total. The Morgan fingerprint density at radius 2 is 1.51 bits per heavy atom. The van der Waals surface area contributed by atoms with E-state index in [0.717, 1.165) is 41.5 Å². The second-order valence-electron chi connectivity index (χ2n) is 12.2. The fourth-order valence-electron chi connectivity index (χ4n) is 6.53. The van der Waals surface area contributed by atoms with Crippen molar-refractivity contribution in [3.8, 4) is 11.1 Å². The molecule has 47 heavy (non-hydrogen) atoms. The molecule has 0 spiro atoms. The summed E-state index contributed by atoms with van der Waals surface area (Å²) >= 11 is 0. The fraction of sp³-hybridized carbons (Fsp3) is 0.244. The summed E-state index contributed by atoms with van der Waals surface area (Å²) in [5.74, 6) is -0.526. The van der Waals surface area contributed by atoms with Gasteiger partial charge in [-0.2, -0.15) is 0 Å². The highest BCUT2D eigenvalue weighted by atomic mass is 19.1. The summed E-state index contributed by atoms with van der Waals surface area (Å²) in [6.07, 6.45) is 2.05. The van der Waals surface area contributed by atoms with Crippen molar-refractivity contribution in [2.75, 3.05) is 6.54 Å². The number of ether oxygens (including phenoxy) is 1. The van der Waals surface area contributed by atoms with Gasteiger partial charge in [-0.25, -0.2) is 4.39 Å². The first kappa shape index (κ1) is 32.3.